The van der Waals surface area contributed by atoms with E-state index in [4.69, 9.17) is 21.1 Å². The van der Waals surface area contributed by atoms with Gasteiger partial charge in [-0.1, -0.05) is 47.6 Å². The zero-order valence-electron chi connectivity index (χ0n) is 18.5. The van der Waals surface area contributed by atoms with Crippen molar-refractivity contribution < 1.29 is 23.9 Å². The van der Waals surface area contributed by atoms with Crippen LogP contribution in [0.4, 0.5) is 5.69 Å². The van der Waals surface area contributed by atoms with E-state index in [1.807, 2.05) is 13.0 Å². The number of allylic oxidation sites excluding steroid dienone is 1. The highest BCUT2D eigenvalue weighted by Gasteiger charge is 2.44. The first kappa shape index (κ1) is 25.1. The number of hydrogen-bond acceptors (Lipinski definition) is 7. The molecular formula is C24H22ClN3O5S. The summed E-state index contributed by atoms with van der Waals surface area (Å²) in [4.78, 5) is 37.8. The molecule has 176 valence electrons. The van der Waals surface area contributed by atoms with Gasteiger partial charge in [-0.05, 0) is 36.8 Å². The summed E-state index contributed by atoms with van der Waals surface area (Å²) in [6.45, 7) is 2.22. The van der Waals surface area contributed by atoms with Crippen LogP contribution in [0.2, 0.25) is 5.02 Å². The summed E-state index contributed by atoms with van der Waals surface area (Å²) < 4.78 is 10.3. The monoisotopic (exact) mass is 499 g/mol. The number of benzene rings is 2. The number of hydrogen-bond donors (Lipinski definition) is 2. The van der Waals surface area contributed by atoms with Crippen molar-refractivity contribution in [3.8, 4) is 11.8 Å². The van der Waals surface area contributed by atoms with Gasteiger partial charge in [-0.15, -0.1) is 0 Å². The summed E-state index contributed by atoms with van der Waals surface area (Å²) in [5.74, 6) is -3.59. The number of nitriles is 1. The fourth-order valence-electron chi connectivity index (χ4n) is 3.52. The van der Waals surface area contributed by atoms with E-state index < -0.39 is 23.7 Å². The van der Waals surface area contributed by atoms with Crippen molar-refractivity contribution in [2.75, 3.05) is 24.8 Å². The summed E-state index contributed by atoms with van der Waals surface area (Å²) in [6, 6.07) is 15.8. The van der Waals surface area contributed by atoms with Gasteiger partial charge in [0.25, 0.3) is 0 Å². The number of carbonyl (C=O) groups is 3. The van der Waals surface area contributed by atoms with Gasteiger partial charge in [-0.25, -0.2) is 0 Å². The van der Waals surface area contributed by atoms with E-state index in [-0.39, 0.29) is 27.3 Å². The van der Waals surface area contributed by atoms with Crippen molar-refractivity contribution in [2.45, 2.75) is 12.8 Å². The highest BCUT2D eigenvalue weighted by Crippen LogP contribution is 2.42. The quantitative estimate of drug-likeness (QED) is 0.418. The first-order valence-electron chi connectivity index (χ1n) is 10.3. The molecule has 0 saturated carbocycles. The number of para-hydroxylation sites is 1. The lowest BCUT2D eigenvalue weighted by atomic mass is 9.78. The van der Waals surface area contributed by atoms with Gasteiger partial charge in [0.2, 0.25) is 11.8 Å². The van der Waals surface area contributed by atoms with Gasteiger partial charge in [0.15, 0.2) is 0 Å². The number of thioether (sulfide) groups is 1. The fourth-order valence-corrected chi connectivity index (χ4v) is 4.61. The maximum atomic E-state index is 12.9. The number of carbonyl (C=O) groups excluding carboxylic acids is 3. The van der Waals surface area contributed by atoms with Crippen LogP contribution in [0, 0.1) is 17.2 Å². The fraction of sp³-hybridized carbons (Fsp3) is 0.250. The van der Waals surface area contributed by atoms with Crippen LogP contribution in [-0.2, 0) is 19.1 Å². The molecule has 1 aliphatic rings. The van der Waals surface area contributed by atoms with E-state index in [2.05, 4.69) is 16.7 Å². The predicted octanol–water partition coefficient (Wildman–Crippen LogP) is 3.85. The molecule has 2 amide bonds. The minimum absolute atomic E-state index is 0.0602. The van der Waals surface area contributed by atoms with E-state index in [1.54, 1.807) is 42.5 Å². The maximum absolute atomic E-state index is 12.9. The van der Waals surface area contributed by atoms with Crippen LogP contribution in [0.5, 0.6) is 5.75 Å². The molecule has 1 aliphatic heterocycles. The Balaban J connectivity index is 1.94. The normalized spacial score (nSPS) is 17.4. The third-order valence-electron chi connectivity index (χ3n) is 5.00. The molecule has 2 aromatic carbocycles. The Morgan fingerprint density at radius 2 is 1.97 bits per heavy atom. The molecule has 2 N–H and O–H groups in total. The van der Waals surface area contributed by atoms with Crippen LogP contribution in [-0.4, -0.2) is 37.3 Å². The number of halogens is 1. The third-order valence-corrected chi connectivity index (χ3v) is 6.32. The summed E-state index contributed by atoms with van der Waals surface area (Å²) >= 11 is 7.33. The predicted molar refractivity (Wildman–Crippen MR) is 129 cm³/mol. The van der Waals surface area contributed by atoms with E-state index in [0.717, 1.165) is 11.8 Å². The Labute approximate surface area is 206 Å². The smallest absolute Gasteiger partial charge is 0.319 e. The molecule has 0 aromatic heterocycles. The van der Waals surface area contributed by atoms with Gasteiger partial charge in [0, 0.05) is 11.6 Å². The topological polar surface area (TPSA) is 118 Å². The molecular weight excluding hydrogens is 478 g/mol. The summed E-state index contributed by atoms with van der Waals surface area (Å²) in [6.07, 6.45) is 0. The van der Waals surface area contributed by atoms with Gasteiger partial charge in [0.1, 0.15) is 11.7 Å². The number of amides is 2. The van der Waals surface area contributed by atoms with Crippen LogP contribution in [0.15, 0.2) is 59.1 Å². The molecule has 10 heteroatoms. The van der Waals surface area contributed by atoms with Crippen molar-refractivity contribution in [1.82, 2.24) is 5.32 Å². The van der Waals surface area contributed by atoms with Crippen molar-refractivity contribution in [3.63, 3.8) is 0 Å². The van der Waals surface area contributed by atoms with Crippen LogP contribution >= 0.6 is 23.4 Å². The molecule has 34 heavy (non-hydrogen) atoms. The molecule has 0 radical (unpaired) electrons. The average molecular weight is 500 g/mol. The van der Waals surface area contributed by atoms with Crippen molar-refractivity contribution in [3.05, 3.63) is 69.7 Å². The Morgan fingerprint density at radius 3 is 2.59 bits per heavy atom. The minimum Gasteiger partial charge on any atom is -0.492 e. The molecule has 0 unspecified atom stereocenters. The highest BCUT2D eigenvalue weighted by atomic mass is 35.5. The molecule has 0 fully saturated rings. The molecule has 0 bridgehead atoms. The second kappa shape index (κ2) is 11.6. The molecule has 0 saturated heterocycles. The van der Waals surface area contributed by atoms with Crippen molar-refractivity contribution in [2.24, 2.45) is 5.92 Å². The second-order valence-electron chi connectivity index (χ2n) is 7.15. The number of ether oxygens (including phenoxy) is 2. The number of esters is 1. The first-order chi connectivity index (χ1) is 16.4. The number of nitrogens with zero attached hydrogens (tertiary/aromatic N) is 1. The van der Waals surface area contributed by atoms with Crippen molar-refractivity contribution >= 4 is 46.8 Å². The van der Waals surface area contributed by atoms with E-state index in [1.165, 1.54) is 7.11 Å². The van der Waals surface area contributed by atoms with Gasteiger partial charge < -0.3 is 20.1 Å². The molecule has 3 rings (SSSR count). The molecule has 2 atom stereocenters. The van der Waals surface area contributed by atoms with Crippen LogP contribution in [0.25, 0.3) is 0 Å². The lowest BCUT2D eigenvalue weighted by molar-refractivity contribution is -0.150. The zero-order chi connectivity index (χ0) is 24.7. The molecule has 2 aromatic rings. The van der Waals surface area contributed by atoms with E-state index in [9.17, 15) is 19.6 Å². The number of anilines is 1. The van der Waals surface area contributed by atoms with Crippen LogP contribution < -0.4 is 15.4 Å². The molecule has 0 spiro atoms. The lowest BCUT2D eigenvalue weighted by Gasteiger charge is -2.31. The largest absolute Gasteiger partial charge is 0.492 e. The average Bonchev–Trinajstić information content (AvgIpc) is 2.83. The maximum Gasteiger partial charge on any atom is 0.319 e. The van der Waals surface area contributed by atoms with Gasteiger partial charge in [-0.3, -0.25) is 14.4 Å². The first-order valence-corrected chi connectivity index (χ1v) is 11.7. The van der Waals surface area contributed by atoms with Crippen LogP contribution in [0.3, 0.4) is 0 Å². The lowest BCUT2D eigenvalue weighted by Crippen LogP contribution is -2.44. The van der Waals surface area contributed by atoms with E-state index >= 15 is 0 Å². The Bertz CT molecular complexity index is 1160. The minimum atomic E-state index is -1.30. The van der Waals surface area contributed by atoms with Gasteiger partial charge in [-0.2, -0.15) is 5.26 Å². The second-order valence-corrected chi connectivity index (χ2v) is 8.54. The van der Waals surface area contributed by atoms with Crippen molar-refractivity contribution in [1.29, 1.82) is 5.26 Å². The highest BCUT2D eigenvalue weighted by molar-refractivity contribution is 8.03. The van der Waals surface area contributed by atoms with Gasteiger partial charge in [0.05, 0.1) is 41.2 Å². The summed E-state index contributed by atoms with van der Waals surface area (Å²) in [5, 5.41) is 15.8. The molecule has 8 nitrogen and oxygen atoms in total. The standard InChI is InChI=1S/C24H22ClN3O5S/c1-3-33-18-10-9-14(11-17(18)25)20-16(12-26)23(28-22(30)21(20)24(31)32-2)34-13-19(29)27-15-7-5-4-6-8-15/h4-11,20-21H,3,13H2,1-2H3,(H,27,29)(H,28,30)/t20-,21+/m0/s1. The number of nitrogens with one attached hydrogen (secondary N) is 2. The number of methoxy groups -OCH3 is 1. The Morgan fingerprint density at radius 1 is 1.24 bits per heavy atom. The van der Waals surface area contributed by atoms with Crippen LogP contribution in [0.1, 0.15) is 18.4 Å². The summed E-state index contributed by atoms with van der Waals surface area (Å²) in [7, 11) is 1.17. The molecule has 0 aliphatic carbocycles. The third kappa shape index (κ3) is 5.71. The van der Waals surface area contributed by atoms with E-state index in [0.29, 0.717) is 23.6 Å². The Kier molecular flexibility index (Phi) is 8.57. The SMILES string of the molecule is CCOc1ccc([C@H]2C(C#N)=C(SCC(=O)Nc3ccccc3)NC(=O)[C@@H]2C(=O)OC)cc1Cl. The Hall–Kier alpha value is -3.48. The summed E-state index contributed by atoms with van der Waals surface area (Å²) in [5.41, 5.74) is 1.23. The molecule has 1 heterocycles. The number of rotatable bonds is 8. The zero-order valence-corrected chi connectivity index (χ0v) is 20.0. The van der Waals surface area contributed by atoms with Gasteiger partial charge >= 0.3 is 5.97 Å².